The van der Waals surface area contributed by atoms with Gasteiger partial charge in [0.05, 0.1) is 11.3 Å². The molecule has 0 saturated heterocycles. The summed E-state index contributed by atoms with van der Waals surface area (Å²) in [5, 5.41) is 8.52. The van der Waals surface area contributed by atoms with Gasteiger partial charge in [-0.2, -0.15) is 13.2 Å². The zero-order valence-electron chi connectivity index (χ0n) is 10.4. The molecule has 0 aromatic heterocycles. The van der Waals surface area contributed by atoms with E-state index in [2.05, 4.69) is 0 Å². The number of alkyl halides is 3. The third-order valence-corrected chi connectivity index (χ3v) is 4.06. The van der Waals surface area contributed by atoms with Crippen LogP contribution in [-0.4, -0.2) is 38.6 Å². The van der Waals surface area contributed by atoms with Crippen LogP contribution >= 0.6 is 0 Å². The molecule has 1 aromatic rings. The Labute approximate surface area is 113 Å². The van der Waals surface area contributed by atoms with Crippen molar-refractivity contribution in [1.29, 1.82) is 0 Å². The summed E-state index contributed by atoms with van der Waals surface area (Å²) >= 11 is 0. The highest BCUT2D eigenvalue weighted by Crippen LogP contribution is 2.30. The predicted octanol–water partition coefficient (Wildman–Crippen LogP) is 1.89. The lowest BCUT2D eigenvalue weighted by Gasteiger charge is -2.18. The average molecular weight is 311 g/mol. The number of benzene rings is 1. The van der Waals surface area contributed by atoms with Gasteiger partial charge in [-0.25, -0.2) is 8.42 Å². The molecule has 0 unspecified atom stereocenters. The largest absolute Gasteiger partial charge is 0.501 e. The fraction of sp³-hybridized carbons (Fsp3) is 0.364. The van der Waals surface area contributed by atoms with Crippen LogP contribution < -0.4 is 4.90 Å². The SMILES string of the molecule is CN(CCC(=O)O)c1ccc(S(=O)(=O)C(F)(F)F)cc1. The lowest BCUT2D eigenvalue weighted by Crippen LogP contribution is -2.24. The summed E-state index contributed by atoms with van der Waals surface area (Å²) in [6, 6.07) is 4.08. The Bertz CT molecular complexity index is 581. The summed E-state index contributed by atoms with van der Waals surface area (Å²) in [7, 11) is -3.81. The molecule has 0 heterocycles. The third kappa shape index (κ3) is 3.62. The van der Waals surface area contributed by atoms with Gasteiger partial charge in [-0.3, -0.25) is 4.79 Å². The van der Waals surface area contributed by atoms with Gasteiger partial charge in [0.15, 0.2) is 0 Å². The molecule has 0 fully saturated rings. The summed E-state index contributed by atoms with van der Waals surface area (Å²) in [5.74, 6) is -1.01. The summed E-state index contributed by atoms with van der Waals surface area (Å²) in [4.78, 5) is 11.1. The Morgan fingerprint density at radius 3 is 2.15 bits per heavy atom. The Morgan fingerprint density at radius 1 is 1.25 bits per heavy atom. The van der Waals surface area contributed by atoms with E-state index >= 15 is 0 Å². The maximum absolute atomic E-state index is 12.3. The van der Waals surface area contributed by atoms with Gasteiger partial charge in [-0.05, 0) is 24.3 Å². The molecular formula is C11H12F3NO4S. The number of anilines is 1. The highest BCUT2D eigenvalue weighted by molar-refractivity contribution is 7.92. The molecule has 0 amide bonds. The Kier molecular flexibility index (Phi) is 4.64. The minimum absolute atomic E-state index is 0.140. The Balaban J connectivity index is 2.92. The molecule has 0 aliphatic rings. The van der Waals surface area contributed by atoms with Crippen molar-refractivity contribution in [3.63, 3.8) is 0 Å². The lowest BCUT2D eigenvalue weighted by atomic mass is 10.3. The number of halogens is 3. The van der Waals surface area contributed by atoms with Crippen molar-refractivity contribution in [2.75, 3.05) is 18.5 Å². The Morgan fingerprint density at radius 2 is 1.75 bits per heavy atom. The van der Waals surface area contributed by atoms with Gasteiger partial charge in [0.1, 0.15) is 0 Å². The zero-order chi connectivity index (χ0) is 15.6. The van der Waals surface area contributed by atoms with E-state index in [0.29, 0.717) is 5.69 Å². The molecule has 5 nitrogen and oxygen atoms in total. The number of nitrogens with zero attached hydrogens (tertiary/aromatic N) is 1. The smallest absolute Gasteiger partial charge is 0.481 e. The van der Waals surface area contributed by atoms with Gasteiger partial charge in [0, 0.05) is 19.3 Å². The number of carboxylic acid groups (broad SMARTS) is 1. The van der Waals surface area contributed by atoms with Gasteiger partial charge in [-0.15, -0.1) is 0 Å². The lowest BCUT2D eigenvalue weighted by molar-refractivity contribution is -0.136. The van der Waals surface area contributed by atoms with Gasteiger partial charge >= 0.3 is 11.5 Å². The van der Waals surface area contributed by atoms with E-state index < -0.39 is 26.2 Å². The van der Waals surface area contributed by atoms with E-state index in [1.165, 1.54) is 17.0 Å². The van der Waals surface area contributed by atoms with Crippen molar-refractivity contribution in [1.82, 2.24) is 0 Å². The van der Waals surface area contributed by atoms with Crippen LogP contribution in [0.1, 0.15) is 6.42 Å². The number of aliphatic carboxylic acids is 1. The number of carboxylic acids is 1. The summed E-state index contributed by atoms with van der Waals surface area (Å²) in [6.07, 6.45) is -0.140. The molecule has 0 spiro atoms. The molecule has 112 valence electrons. The van der Waals surface area contributed by atoms with Crippen LogP contribution in [0.4, 0.5) is 18.9 Å². The van der Waals surface area contributed by atoms with Crippen molar-refractivity contribution < 1.29 is 31.5 Å². The molecule has 0 aliphatic heterocycles. The van der Waals surface area contributed by atoms with Gasteiger partial charge in [0.2, 0.25) is 0 Å². The molecule has 0 bridgehead atoms. The topological polar surface area (TPSA) is 74.7 Å². The fourth-order valence-corrected chi connectivity index (χ4v) is 2.17. The quantitative estimate of drug-likeness (QED) is 0.899. The van der Waals surface area contributed by atoms with Crippen LogP contribution in [0.25, 0.3) is 0 Å². The van der Waals surface area contributed by atoms with Gasteiger partial charge in [-0.1, -0.05) is 0 Å². The van der Waals surface area contributed by atoms with Crippen molar-refractivity contribution in [3.8, 4) is 0 Å². The molecule has 0 aliphatic carbocycles. The number of carbonyl (C=O) groups is 1. The van der Waals surface area contributed by atoms with Gasteiger partial charge < -0.3 is 10.0 Å². The predicted molar refractivity (Wildman–Crippen MR) is 65.2 cm³/mol. The molecule has 1 rings (SSSR count). The molecule has 0 saturated carbocycles. The van der Waals surface area contributed by atoms with Crippen molar-refractivity contribution in [2.24, 2.45) is 0 Å². The molecule has 9 heteroatoms. The van der Waals surface area contributed by atoms with Crippen LogP contribution in [-0.2, 0) is 14.6 Å². The van der Waals surface area contributed by atoms with E-state index in [9.17, 15) is 26.4 Å². The standard InChI is InChI=1S/C11H12F3NO4S/c1-15(7-6-10(16)17)8-2-4-9(5-3-8)20(18,19)11(12,13)14/h2-5H,6-7H2,1H3,(H,16,17). The number of rotatable bonds is 5. The maximum atomic E-state index is 12.3. The summed E-state index contributed by atoms with van der Waals surface area (Å²) in [6.45, 7) is 0.153. The van der Waals surface area contributed by atoms with Crippen molar-refractivity contribution in [2.45, 2.75) is 16.8 Å². The highest BCUT2D eigenvalue weighted by atomic mass is 32.2. The van der Waals surface area contributed by atoms with Crippen molar-refractivity contribution >= 4 is 21.5 Å². The summed E-state index contributed by atoms with van der Waals surface area (Å²) in [5.41, 5.74) is -4.92. The van der Waals surface area contributed by atoms with E-state index in [1.54, 1.807) is 7.05 Å². The van der Waals surface area contributed by atoms with Gasteiger partial charge in [0.25, 0.3) is 9.84 Å². The first kappa shape index (κ1) is 16.3. The van der Waals surface area contributed by atoms with Crippen LogP contribution in [0.3, 0.4) is 0 Å². The normalized spacial score (nSPS) is 12.2. The maximum Gasteiger partial charge on any atom is 0.501 e. The fourth-order valence-electron chi connectivity index (χ4n) is 1.41. The first-order valence-corrected chi connectivity index (χ1v) is 6.88. The number of hydrogen-bond donors (Lipinski definition) is 1. The monoisotopic (exact) mass is 311 g/mol. The zero-order valence-corrected chi connectivity index (χ0v) is 11.2. The van der Waals surface area contributed by atoms with Crippen LogP contribution in [0.2, 0.25) is 0 Å². The molecule has 0 atom stereocenters. The molecule has 0 radical (unpaired) electrons. The minimum atomic E-state index is -5.36. The highest BCUT2D eigenvalue weighted by Gasteiger charge is 2.46. The second-order valence-corrected chi connectivity index (χ2v) is 5.95. The van der Waals surface area contributed by atoms with E-state index in [1.807, 2.05) is 0 Å². The average Bonchev–Trinajstić information content (AvgIpc) is 2.34. The Hall–Kier alpha value is -1.77. The van der Waals surface area contributed by atoms with Crippen molar-refractivity contribution in [3.05, 3.63) is 24.3 Å². The minimum Gasteiger partial charge on any atom is -0.481 e. The number of sulfone groups is 1. The second kappa shape index (κ2) is 5.70. The molecule has 20 heavy (non-hydrogen) atoms. The first-order valence-electron chi connectivity index (χ1n) is 5.40. The molecule has 1 N–H and O–H groups in total. The van der Waals surface area contributed by atoms with Crippen LogP contribution in [0.5, 0.6) is 0 Å². The van der Waals surface area contributed by atoms with Crippen LogP contribution in [0, 0.1) is 0 Å². The van der Waals surface area contributed by atoms with E-state index in [0.717, 1.165) is 12.1 Å². The first-order chi connectivity index (χ1) is 9.05. The number of hydrogen-bond acceptors (Lipinski definition) is 4. The molecular weight excluding hydrogens is 299 g/mol. The van der Waals surface area contributed by atoms with Crippen LogP contribution in [0.15, 0.2) is 29.2 Å². The van der Waals surface area contributed by atoms with E-state index in [-0.39, 0.29) is 13.0 Å². The molecule has 1 aromatic carbocycles. The third-order valence-electron chi connectivity index (χ3n) is 2.55. The second-order valence-electron chi connectivity index (χ2n) is 4.01. The summed E-state index contributed by atoms with van der Waals surface area (Å²) < 4.78 is 59.2. The van der Waals surface area contributed by atoms with E-state index in [4.69, 9.17) is 5.11 Å².